The summed E-state index contributed by atoms with van der Waals surface area (Å²) in [5.74, 6) is -12.6. The van der Waals surface area contributed by atoms with Crippen LogP contribution in [0.3, 0.4) is 0 Å². The second-order valence-corrected chi connectivity index (χ2v) is 28.4. The molecule has 0 radical (unpaired) electrons. The number of nitrogens with one attached hydrogen (secondary N) is 5. The third-order valence-corrected chi connectivity index (χ3v) is 18.1. The molecule has 0 bridgehead atoms. The van der Waals surface area contributed by atoms with Crippen LogP contribution in [0, 0.1) is 0 Å². The molecule has 16 atom stereocenters. The lowest BCUT2D eigenvalue weighted by Gasteiger charge is -2.44. The summed E-state index contributed by atoms with van der Waals surface area (Å²) in [5, 5.41) is 13.9. The van der Waals surface area contributed by atoms with Crippen LogP contribution in [-0.4, -0.2) is 304 Å². The lowest BCUT2D eigenvalue weighted by molar-refractivity contribution is -0.309. The first-order valence-electron chi connectivity index (χ1n) is 40.0. The second-order valence-electron chi connectivity index (χ2n) is 28.4. The maximum absolute atomic E-state index is 15.2. The van der Waals surface area contributed by atoms with Crippen molar-refractivity contribution in [3.8, 4) is 0 Å². The molecule has 125 heavy (non-hydrogen) atoms. The number of benzene rings is 2. The molecule has 0 aliphatic carbocycles. The van der Waals surface area contributed by atoms with Gasteiger partial charge in [0, 0.05) is 134 Å². The summed E-state index contributed by atoms with van der Waals surface area (Å²) in [6.45, 7) is 8.67. The Balaban J connectivity index is 1.38. The van der Waals surface area contributed by atoms with Crippen molar-refractivity contribution in [2.45, 2.75) is 238 Å². The van der Waals surface area contributed by atoms with Gasteiger partial charge in [-0.15, -0.1) is 0 Å². The number of hydrogen-bond acceptors (Lipinski definition) is 39. The average Bonchev–Trinajstić information content (AvgIpc) is 0.796. The van der Waals surface area contributed by atoms with Crippen LogP contribution in [0.2, 0.25) is 0 Å². The van der Waals surface area contributed by atoms with E-state index in [0.717, 1.165) is 83.1 Å². The zero-order chi connectivity index (χ0) is 92.1. The van der Waals surface area contributed by atoms with Gasteiger partial charge in [0.1, 0.15) is 50.8 Å². The average molecular weight is 1780 g/mol. The van der Waals surface area contributed by atoms with Gasteiger partial charge in [-0.25, -0.2) is 4.79 Å². The Kier molecular flexibility index (Phi) is 46.2. The zero-order valence-electron chi connectivity index (χ0n) is 71.7. The number of carbonyl (C=O) groups is 17. The molecule has 5 N–H and O–H groups in total. The predicted molar refractivity (Wildman–Crippen MR) is 417 cm³/mol. The number of carbonyl (C=O) groups excluding carboxylic acids is 17. The van der Waals surface area contributed by atoms with E-state index in [0.29, 0.717) is 11.1 Å². The number of esters is 12. The van der Waals surface area contributed by atoms with Gasteiger partial charge >= 0.3 is 77.7 Å². The van der Waals surface area contributed by atoms with E-state index >= 15 is 4.79 Å². The molecule has 44 nitrogen and oxygen atoms in total. The Bertz CT molecular complexity index is 3580. The predicted octanol–water partition coefficient (Wildman–Crippen LogP) is 0.417. The van der Waals surface area contributed by atoms with Crippen molar-refractivity contribution < 1.29 is 186 Å². The van der Waals surface area contributed by atoms with Gasteiger partial charge in [0.05, 0.1) is 59.5 Å². The van der Waals surface area contributed by atoms with E-state index in [9.17, 15) is 76.7 Å². The molecule has 0 unspecified atom stereocenters. The van der Waals surface area contributed by atoms with Crippen molar-refractivity contribution in [1.82, 2.24) is 26.6 Å². The zero-order valence-corrected chi connectivity index (χ0v) is 71.7. The molecule has 3 aliphatic rings. The molecular weight excluding hydrogens is 1670 g/mol. The first kappa shape index (κ1) is 104. The van der Waals surface area contributed by atoms with Crippen LogP contribution in [0.15, 0.2) is 60.7 Å². The SMILES string of the molecule is CC(=O)OC[C@H]1O[C@H](OCCOCCNC(=O)CCC(CCC(=O)NCCOCCO[C@H]2O[C@H](COC(C)=O)[C@@H](OC(C)=O)[C@H](OC(C)=O)[C@@H]2OC(C)=O)(CCC(=O)NCCOCCO[C@H]2O[C@H](COC(C)=O)[C@@H](OC(C)=O)[C@H](OC(C)=O)[C@@H]2OC(C)=O)NC(=O)[C@H](Cc2ccccc2)NC(=O)OCc2ccccc2)[C@@H](OC(C)=O)[C@@H](OC(C)=O)[C@@H]1OC(C)=O. The van der Waals surface area contributed by atoms with E-state index in [1.807, 2.05) is 0 Å². The van der Waals surface area contributed by atoms with Crippen molar-refractivity contribution in [3.63, 3.8) is 0 Å². The summed E-state index contributed by atoms with van der Waals surface area (Å²) in [6, 6.07) is 15.8. The van der Waals surface area contributed by atoms with Crippen molar-refractivity contribution >= 4 is 101 Å². The largest absolute Gasteiger partial charge is 0.463 e. The summed E-state index contributed by atoms with van der Waals surface area (Å²) in [7, 11) is 0. The van der Waals surface area contributed by atoms with Crippen LogP contribution in [-0.2, 0) is 194 Å². The first-order valence-corrected chi connectivity index (χ1v) is 40.0. The van der Waals surface area contributed by atoms with Gasteiger partial charge in [-0.1, -0.05) is 60.7 Å². The summed E-state index contributed by atoms with van der Waals surface area (Å²) >= 11 is 0. The van der Waals surface area contributed by atoms with Crippen LogP contribution >= 0.6 is 0 Å². The lowest BCUT2D eigenvalue weighted by Crippen LogP contribution is -2.63. The molecule has 5 rings (SSSR count). The molecule has 2 aromatic carbocycles. The fourth-order valence-electron chi connectivity index (χ4n) is 12.9. The van der Waals surface area contributed by atoms with Gasteiger partial charge in [-0.05, 0) is 30.4 Å². The van der Waals surface area contributed by atoms with Crippen molar-refractivity contribution in [2.24, 2.45) is 0 Å². The molecule has 0 saturated carbocycles. The van der Waals surface area contributed by atoms with Gasteiger partial charge < -0.3 is 131 Å². The van der Waals surface area contributed by atoms with E-state index in [1.165, 1.54) is 0 Å². The highest BCUT2D eigenvalue weighted by Crippen LogP contribution is 2.34. The molecule has 3 aliphatic heterocycles. The molecule has 3 saturated heterocycles. The maximum Gasteiger partial charge on any atom is 0.408 e. The Morgan fingerprint density at radius 3 is 0.896 bits per heavy atom. The normalized spacial score (nSPS) is 22.2. The summed E-state index contributed by atoms with van der Waals surface area (Å²) in [4.78, 5) is 218. The standard InChI is InChI=1S/C81H113N5O39/c1-46(87)110-43-61-67(114-49(4)90)70(117-52(7)93)73(120-55(10)96)77(123-61)107-38-35-104-32-29-82-64(99)23-26-81(86-76(102)60(41-58-19-15-13-16-20-58)85-80(103)113-42-59-21-17-14-18-22-59,27-24-65(100)83-30-33-105-36-39-108-78-74(121-56(11)97)71(118-53(8)94)68(115-50(5)91)62(124-78)44-111-47(2)88)28-25-66(101)84-31-34-106-37-40-109-79-75(122-57(12)98)72(119-54(9)95)69(116-51(6)92)63(125-79)45-112-48(3)89/h13-22,60-63,67-75,77-79H,23-45H2,1-12H3,(H,82,99)(H,83,100)(H,84,101)(H,85,103)(H,86,102)/t60-,61+,62+,63+,67+,68+,69+,70-,71-,72-,73-,74-,75-,77-,78-,79-/m0/s1. The third-order valence-electron chi connectivity index (χ3n) is 18.1. The van der Waals surface area contributed by atoms with Gasteiger partial charge in [-0.2, -0.15) is 0 Å². The summed E-state index contributed by atoms with van der Waals surface area (Å²) < 4.78 is 123. The molecule has 696 valence electrons. The van der Waals surface area contributed by atoms with Crippen molar-refractivity contribution in [3.05, 3.63) is 71.8 Å². The molecule has 3 heterocycles. The van der Waals surface area contributed by atoms with Crippen LogP contribution in [0.1, 0.15) is 133 Å². The van der Waals surface area contributed by atoms with E-state index in [4.69, 9.17) is 104 Å². The molecule has 0 spiro atoms. The third kappa shape index (κ3) is 40.2. The fraction of sp³-hybridized carbons (Fsp3) is 0.642. The maximum atomic E-state index is 15.2. The Labute approximate surface area is 720 Å². The Morgan fingerprint density at radius 1 is 0.328 bits per heavy atom. The molecule has 5 amide bonds. The van der Waals surface area contributed by atoms with E-state index in [1.54, 1.807) is 60.7 Å². The topological polar surface area (TPSA) is 553 Å². The lowest BCUT2D eigenvalue weighted by atomic mass is 9.82. The minimum atomic E-state index is -1.68. The van der Waals surface area contributed by atoms with E-state index in [-0.39, 0.29) is 111 Å². The number of ether oxygens (including phenoxy) is 22. The number of rotatable bonds is 52. The first-order chi connectivity index (χ1) is 59.4. The summed E-state index contributed by atoms with van der Waals surface area (Å²) in [6.07, 6.45) is -25.1. The Morgan fingerprint density at radius 2 is 0.608 bits per heavy atom. The number of alkyl carbamates (subject to hydrolysis) is 1. The highest BCUT2D eigenvalue weighted by Gasteiger charge is 2.56. The van der Waals surface area contributed by atoms with Gasteiger partial charge in [0.25, 0.3) is 0 Å². The molecular formula is C81H113N5O39. The molecule has 2 aromatic rings. The number of amides is 5. The molecule has 44 heteroatoms. The van der Waals surface area contributed by atoms with Crippen LogP contribution < -0.4 is 26.6 Å². The second kappa shape index (κ2) is 55.3. The van der Waals surface area contributed by atoms with Crippen molar-refractivity contribution in [2.75, 3.05) is 98.9 Å². The molecule has 0 aromatic heterocycles. The van der Waals surface area contributed by atoms with E-state index < -0.39 is 244 Å². The van der Waals surface area contributed by atoms with E-state index in [2.05, 4.69) is 26.6 Å². The Hall–Kier alpha value is -11.1. The summed E-state index contributed by atoms with van der Waals surface area (Å²) in [5.41, 5.74) is -0.474. The van der Waals surface area contributed by atoms with Crippen LogP contribution in [0.5, 0.6) is 0 Å². The smallest absolute Gasteiger partial charge is 0.408 e. The monoisotopic (exact) mass is 1780 g/mol. The van der Waals surface area contributed by atoms with Crippen LogP contribution in [0.25, 0.3) is 0 Å². The van der Waals surface area contributed by atoms with Gasteiger partial charge in [0.2, 0.25) is 23.6 Å². The van der Waals surface area contributed by atoms with Gasteiger partial charge in [0.15, 0.2) is 73.8 Å². The molecule has 3 fully saturated rings. The van der Waals surface area contributed by atoms with Crippen molar-refractivity contribution in [1.29, 1.82) is 0 Å². The highest BCUT2D eigenvalue weighted by atomic mass is 16.8. The highest BCUT2D eigenvalue weighted by molar-refractivity contribution is 5.87. The van der Waals surface area contributed by atoms with Gasteiger partial charge in [-0.3, -0.25) is 76.7 Å². The fourth-order valence-corrected chi connectivity index (χ4v) is 12.9. The number of hydrogen-bond donors (Lipinski definition) is 5. The minimum Gasteiger partial charge on any atom is -0.463 e. The minimum absolute atomic E-state index is 0.126. The quantitative estimate of drug-likeness (QED) is 0.0340. The van der Waals surface area contributed by atoms with Crippen LogP contribution in [0.4, 0.5) is 4.79 Å².